The minimum atomic E-state index is -0.437. The highest BCUT2D eigenvalue weighted by Gasteiger charge is 2.28. The van der Waals surface area contributed by atoms with Gasteiger partial charge in [-0.2, -0.15) is 5.10 Å². The zero-order chi connectivity index (χ0) is 12.3. The van der Waals surface area contributed by atoms with Crippen molar-refractivity contribution in [2.45, 2.75) is 45.1 Å². The van der Waals surface area contributed by atoms with E-state index in [1.165, 1.54) is 0 Å². The largest absolute Gasteiger partial charge is 0.393 e. The van der Waals surface area contributed by atoms with Gasteiger partial charge in [0.15, 0.2) is 0 Å². The second-order valence-electron chi connectivity index (χ2n) is 4.34. The second-order valence-corrected chi connectivity index (χ2v) is 4.34. The number of cyclic esters (lactones) is 2. The van der Waals surface area contributed by atoms with E-state index in [9.17, 15) is 9.59 Å². The number of unbranched alkanes of at least 4 members (excludes halogenated alkanes) is 1. The van der Waals surface area contributed by atoms with Gasteiger partial charge in [-0.05, 0) is 12.0 Å². The van der Waals surface area contributed by atoms with Crippen molar-refractivity contribution in [1.29, 1.82) is 0 Å². The summed E-state index contributed by atoms with van der Waals surface area (Å²) in [5, 5.41) is 4.23. The average molecular weight is 236 g/mol. The summed E-state index contributed by atoms with van der Waals surface area (Å²) in [5.74, 6) is -0.945. The first-order valence-corrected chi connectivity index (χ1v) is 5.95. The molecular formula is C12H16N2O3. The molecule has 0 atom stereocenters. The number of hydrogen-bond acceptors (Lipinski definition) is 4. The Morgan fingerprint density at radius 2 is 2.12 bits per heavy atom. The first-order chi connectivity index (χ1) is 8.19. The summed E-state index contributed by atoms with van der Waals surface area (Å²) in [6.07, 6.45) is 6.39. The van der Waals surface area contributed by atoms with Crippen molar-refractivity contribution in [3.63, 3.8) is 0 Å². The molecule has 1 aromatic rings. The molecule has 0 aromatic carbocycles. The van der Waals surface area contributed by atoms with Gasteiger partial charge in [-0.25, -0.2) is 0 Å². The van der Waals surface area contributed by atoms with E-state index in [1.54, 1.807) is 6.20 Å². The van der Waals surface area contributed by atoms with Crippen molar-refractivity contribution >= 4 is 11.9 Å². The smallest absolute Gasteiger partial charge is 0.314 e. The van der Waals surface area contributed by atoms with E-state index in [1.807, 2.05) is 10.9 Å². The zero-order valence-corrected chi connectivity index (χ0v) is 9.89. The lowest BCUT2D eigenvalue weighted by atomic mass is 9.94. The molecule has 1 aliphatic heterocycles. The minimum absolute atomic E-state index is 0.0703. The number of ether oxygens (including phenoxy) is 1. The maximum atomic E-state index is 11.2. The minimum Gasteiger partial charge on any atom is -0.393 e. The van der Waals surface area contributed by atoms with Crippen LogP contribution in [0.1, 0.15) is 44.1 Å². The van der Waals surface area contributed by atoms with E-state index < -0.39 is 11.9 Å². The van der Waals surface area contributed by atoms with E-state index >= 15 is 0 Å². The Labute approximate surface area is 99.8 Å². The van der Waals surface area contributed by atoms with Gasteiger partial charge >= 0.3 is 11.9 Å². The third-order valence-electron chi connectivity index (χ3n) is 2.92. The number of aromatic nitrogens is 2. The fourth-order valence-corrected chi connectivity index (χ4v) is 1.95. The maximum Gasteiger partial charge on any atom is 0.314 e. The molecule has 0 saturated carbocycles. The normalized spacial score (nSPS) is 17.2. The standard InChI is InChI=1S/C12H16N2O3/c1-2-3-4-14-8-10(7-13-14)9-5-11(15)17-12(16)6-9/h7-9H,2-6H2,1H3. The van der Waals surface area contributed by atoms with Crippen molar-refractivity contribution in [3.8, 4) is 0 Å². The average Bonchev–Trinajstić information content (AvgIpc) is 2.73. The number of esters is 2. The lowest BCUT2D eigenvalue weighted by Crippen LogP contribution is -2.24. The molecule has 0 aliphatic carbocycles. The van der Waals surface area contributed by atoms with Gasteiger partial charge in [0.05, 0.1) is 19.0 Å². The van der Waals surface area contributed by atoms with Gasteiger partial charge in [-0.3, -0.25) is 14.3 Å². The Hall–Kier alpha value is -1.65. The van der Waals surface area contributed by atoms with E-state index in [-0.39, 0.29) is 18.8 Å². The predicted molar refractivity (Wildman–Crippen MR) is 60.2 cm³/mol. The lowest BCUT2D eigenvalue weighted by Gasteiger charge is -2.18. The van der Waals surface area contributed by atoms with Crippen molar-refractivity contribution in [1.82, 2.24) is 9.78 Å². The fraction of sp³-hybridized carbons (Fsp3) is 0.583. The highest BCUT2D eigenvalue weighted by molar-refractivity contribution is 5.89. The molecule has 1 fully saturated rings. The number of carbonyl (C=O) groups is 2. The van der Waals surface area contributed by atoms with Gasteiger partial charge in [0.25, 0.3) is 0 Å². The lowest BCUT2D eigenvalue weighted by molar-refractivity contribution is -0.163. The highest BCUT2D eigenvalue weighted by Crippen LogP contribution is 2.27. The predicted octanol–water partition coefficient (Wildman–Crippen LogP) is 1.63. The maximum absolute atomic E-state index is 11.2. The van der Waals surface area contributed by atoms with Crippen LogP contribution in [-0.2, 0) is 20.9 Å². The summed E-state index contributed by atoms with van der Waals surface area (Å²) < 4.78 is 6.37. The van der Waals surface area contributed by atoms with Crippen molar-refractivity contribution in [3.05, 3.63) is 18.0 Å². The Bertz CT molecular complexity index is 409. The molecule has 0 radical (unpaired) electrons. The van der Waals surface area contributed by atoms with Crippen LogP contribution < -0.4 is 0 Å². The molecule has 0 unspecified atom stereocenters. The van der Waals surface area contributed by atoms with E-state index in [4.69, 9.17) is 0 Å². The molecule has 2 heterocycles. The summed E-state index contributed by atoms with van der Waals surface area (Å²) in [6.45, 7) is 3.00. The number of carbonyl (C=O) groups excluding carboxylic acids is 2. The number of aryl methyl sites for hydroxylation is 1. The van der Waals surface area contributed by atoms with Gasteiger partial charge in [-0.1, -0.05) is 13.3 Å². The summed E-state index contributed by atoms with van der Waals surface area (Å²) in [7, 11) is 0. The van der Waals surface area contributed by atoms with Gasteiger partial charge in [0.1, 0.15) is 0 Å². The van der Waals surface area contributed by atoms with Gasteiger partial charge < -0.3 is 4.74 Å². The molecule has 0 N–H and O–H groups in total. The SMILES string of the molecule is CCCCn1cc(C2CC(=O)OC(=O)C2)cn1. The third-order valence-corrected chi connectivity index (χ3v) is 2.92. The van der Waals surface area contributed by atoms with Crippen LogP contribution in [0.5, 0.6) is 0 Å². The molecule has 1 aromatic heterocycles. The van der Waals surface area contributed by atoms with Crippen LogP contribution in [0.15, 0.2) is 12.4 Å². The summed E-state index contributed by atoms with van der Waals surface area (Å²) >= 11 is 0. The molecule has 2 rings (SSSR count). The van der Waals surface area contributed by atoms with E-state index in [0.717, 1.165) is 24.9 Å². The van der Waals surface area contributed by atoms with Gasteiger partial charge in [0.2, 0.25) is 0 Å². The van der Waals surface area contributed by atoms with E-state index in [0.29, 0.717) is 0 Å². The van der Waals surface area contributed by atoms with Crippen LogP contribution in [0, 0.1) is 0 Å². The van der Waals surface area contributed by atoms with Gasteiger partial charge in [-0.15, -0.1) is 0 Å². The number of hydrogen-bond donors (Lipinski definition) is 0. The molecule has 0 spiro atoms. The highest BCUT2D eigenvalue weighted by atomic mass is 16.6. The molecule has 5 nitrogen and oxygen atoms in total. The summed E-state index contributed by atoms with van der Waals surface area (Å²) in [4.78, 5) is 22.3. The van der Waals surface area contributed by atoms with Gasteiger partial charge in [0, 0.05) is 18.7 Å². The fourth-order valence-electron chi connectivity index (χ4n) is 1.95. The Kier molecular flexibility index (Phi) is 3.56. The van der Waals surface area contributed by atoms with Crippen molar-refractivity contribution in [2.24, 2.45) is 0 Å². The Balaban J connectivity index is 2.03. The molecule has 1 saturated heterocycles. The van der Waals surface area contributed by atoms with Crippen LogP contribution in [0.4, 0.5) is 0 Å². The number of nitrogens with zero attached hydrogens (tertiary/aromatic N) is 2. The Morgan fingerprint density at radius 3 is 2.76 bits per heavy atom. The third kappa shape index (κ3) is 2.93. The molecular weight excluding hydrogens is 220 g/mol. The molecule has 5 heteroatoms. The van der Waals surface area contributed by atoms with Crippen LogP contribution in [-0.4, -0.2) is 21.7 Å². The quantitative estimate of drug-likeness (QED) is 0.589. The van der Waals surface area contributed by atoms with Crippen molar-refractivity contribution in [2.75, 3.05) is 0 Å². The van der Waals surface area contributed by atoms with Crippen LogP contribution in [0.25, 0.3) is 0 Å². The Morgan fingerprint density at radius 1 is 1.41 bits per heavy atom. The second kappa shape index (κ2) is 5.12. The molecule has 1 aliphatic rings. The van der Waals surface area contributed by atoms with Crippen molar-refractivity contribution < 1.29 is 14.3 Å². The molecule has 0 amide bonds. The number of rotatable bonds is 4. The molecule has 0 bridgehead atoms. The van der Waals surface area contributed by atoms with E-state index in [2.05, 4.69) is 16.8 Å². The molecule has 17 heavy (non-hydrogen) atoms. The monoisotopic (exact) mass is 236 g/mol. The molecule has 92 valence electrons. The first-order valence-electron chi connectivity index (χ1n) is 5.95. The first kappa shape index (κ1) is 11.8. The topological polar surface area (TPSA) is 61.2 Å². The summed E-state index contributed by atoms with van der Waals surface area (Å²) in [5.41, 5.74) is 0.950. The summed E-state index contributed by atoms with van der Waals surface area (Å²) in [6, 6.07) is 0. The van der Waals surface area contributed by atoms with Crippen LogP contribution in [0.2, 0.25) is 0 Å². The van der Waals surface area contributed by atoms with Crippen LogP contribution in [0.3, 0.4) is 0 Å². The zero-order valence-electron chi connectivity index (χ0n) is 9.89. The van der Waals surface area contributed by atoms with Crippen LogP contribution >= 0.6 is 0 Å².